The number of piperidine rings is 1. The van der Waals surface area contributed by atoms with Crippen LogP contribution in [0.15, 0.2) is 23.4 Å². The number of rotatable bonds is 3. The Bertz CT molecular complexity index is 479. The summed E-state index contributed by atoms with van der Waals surface area (Å²) in [7, 11) is 0. The van der Waals surface area contributed by atoms with E-state index in [4.69, 9.17) is 22.5 Å². The molecule has 1 aliphatic rings. The molecule has 0 bridgehead atoms. The lowest BCUT2D eigenvalue weighted by Gasteiger charge is -2.33. The van der Waals surface area contributed by atoms with Gasteiger partial charge in [0, 0.05) is 30.9 Å². The molecule has 1 aliphatic heterocycles. The van der Waals surface area contributed by atoms with Crippen LogP contribution in [0.4, 0.5) is 5.69 Å². The van der Waals surface area contributed by atoms with Gasteiger partial charge in [-0.1, -0.05) is 16.8 Å². The van der Waals surface area contributed by atoms with Crippen LogP contribution in [0.2, 0.25) is 5.02 Å². The first-order valence-corrected chi connectivity index (χ1v) is 6.66. The van der Waals surface area contributed by atoms with Crippen LogP contribution >= 0.6 is 11.6 Å². The van der Waals surface area contributed by atoms with Crippen LogP contribution < -0.4 is 10.6 Å². The summed E-state index contributed by atoms with van der Waals surface area (Å²) in [5.41, 5.74) is 7.05. The second-order valence-corrected chi connectivity index (χ2v) is 5.19. The maximum absolute atomic E-state index is 9.25. The molecule has 1 aromatic carbocycles. The Morgan fingerprint density at radius 3 is 2.95 bits per heavy atom. The Morgan fingerprint density at radius 2 is 2.32 bits per heavy atom. The minimum Gasteiger partial charge on any atom is -0.409 e. The maximum Gasteiger partial charge on any atom is 0.171 e. The standard InChI is InChI=1S/C13H18ClN3O2/c14-12-6-10(3-4-11(12)13(15)16-19)17-5-1-2-9(7-17)8-18/h3-4,6,9,18-19H,1-2,5,7-8H2,(H2,15,16). The summed E-state index contributed by atoms with van der Waals surface area (Å²) in [5.74, 6) is 0.319. The zero-order valence-electron chi connectivity index (χ0n) is 10.6. The smallest absolute Gasteiger partial charge is 0.171 e. The fourth-order valence-corrected chi connectivity index (χ4v) is 2.68. The van der Waals surface area contributed by atoms with Gasteiger partial charge in [0.25, 0.3) is 0 Å². The molecule has 104 valence electrons. The lowest BCUT2D eigenvalue weighted by Crippen LogP contribution is -2.36. The largest absolute Gasteiger partial charge is 0.409 e. The number of nitrogens with zero attached hydrogens (tertiary/aromatic N) is 2. The molecule has 4 N–H and O–H groups in total. The molecular weight excluding hydrogens is 266 g/mol. The van der Waals surface area contributed by atoms with Gasteiger partial charge in [0.05, 0.1) is 5.02 Å². The van der Waals surface area contributed by atoms with Gasteiger partial charge in [-0.3, -0.25) is 0 Å². The first kappa shape index (κ1) is 14.0. The molecule has 6 heteroatoms. The van der Waals surface area contributed by atoms with Crippen molar-refractivity contribution in [2.75, 3.05) is 24.6 Å². The molecule has 1 fully saturated rings. The van der Waals surface area contributed by atoms with Crippen molar-refractivity contribution in [2.45, 2.75) is 12.8 Å². The number of anilines is 1. The summed E-state index contributed by atoms with van der Waals surface area (Å²) in [6.45, 7) is 2.00. The summed E-state index contributed by atoms with van der Waals surface area (Å²) in [6, 6.07) is 5.46. The van der Waals surface area contributed by atoms with E-state index in [1.807, 2.05) is 12.1 Å². The van der Waals surface area contributed by atoms with Gasteiger partial charge in [0.15, 0.2) is 5.84 Å². The highest BCUT2D eigenvalue weighted by Crippen LogP contribution is 2.27. The summed E-state index contributed by atoms with van der Waals surface area (Å²) in [5, 5.41) is 21.3. The fourth-order valence-electron chi connectivity index (χ4n) is 2.41. The third-order valence-electron chi connectivity index (χ3n) is 3.48. The van der Waals surface area contributed by atoms with Crippen LogP contribution in [0.25, 0.3) is 0 Å². The van der Waals surface area contributed by atoms with E-state index in [1.54, 1.807) is 6.07 Å². The number of amidine groups is 1. The molecule has 1 unspecified atom stereocenters. The zero-order valence-corrected chi connectivity index (χ0v) is 11.3. The molecular formula is C13H18ClN3O2. The highest BCUT2D eigenvalue weighted by molar-refractivity contribution is 6.34. The number of hydrogen-bond acceptors (Lipinski definition) is 4. The number of halogens is 1. The first-order chi connectivity index (χ1) is 9.15. The average Bonchev–Trinajstić information content (AvgIpc) is 2.46. The predicted octanol–water partition coefficient (Wildman–Crippen LogP) is 1.64. The van der Waals surface area contributed by atoms with Gasteiger partial charge in [-0.15, -0.1) is 0 Å². The van der Waals surface area contributed by atoms with Gasteiger partial charge in [0.1, 0.15) is 0 Å². The van der Waals surface area contributed by atoms with Crippen molar-refractivity contribution in [3.8, 4) is 0 Å². The maximum atomic E-state index is 9.25. The average molecular weight is 284 g/mol. The van der Waals surface area contributed by atoms with E-state index in [0.29, 0.717) is 16.5 Å². The molecule has 0 aliphatic carbocycles. The number of benzene rings is 1. The number of nitrogens with two attached hydrogens (primary N) is 1. The fraction of sp³-hybridized carbons (Fsp3) is 0.462. The molecule has 2 rings (SSSR count). The van der Waals surface area contributed by atoms with Crippen LogP contribution in [-0.4, -0.2) is 35.8 Å². The SMILES string of the molecule is NC(=NO)c1ccc(N2CCCC(CO)C2)cc1Cl. The van der Waals surface area contributed by atoms with Crippen molar-refractivity contribution >= 4 is 23.1 Å². The zero-order chi connectivity index (χ0) is 13.8. The highest BCUT2D eigenvalue weighted by Gasteiger charge is 2.20. The lowest BCUT2D eigenvalue weighted by molar-refractivity contribution is 0.209. The molecule has 1 aromatic rings. The van der Waals surface area contributed by atoms with Gasteiger partial charge < -0.3 is 20.9 Å². The second kappa shape index (κ2) is 6.12. The summed E-state index contributed by atoms with van der Waals surface area (Å²) < 4.78 is 0. The molecule has 5 nitrogen and oxygen atoms in total. The van der Waals surface area contributed by atoms with Crippen molar-refractivity contribution in [3.05, 3.63) is 28.8 Å². The van der Waals surface area contributed by atoms with Crippen molar-refractivity contribution in [1.82, 2.24) is 0 Å². The molecule has 0 saturated carbocycles. The third kappa shape index (κ3) is 3.11. The Hall–Kier alpha value is -1.46. The van der Waals surface area contributed by atoms with Gasteiger partial charge >= 0.3 is 0 Å². The number of hydrogen-bond donors (Lipinski definition) is 3. The molecule has 1 atom stereocenters. The minimum atomic E-state index is 0.00317. The van der Waals surface area contributed by atoms with E-state index in [2.05, 4.69) is 10.1 Å². The molecule has 0 spiro atoms. The number of aliphatic hydroxyl groups excluding tert-OH is 1. The molecule has 0 amide bonds. The van der Waals surface area contributed by atoms with Crippen LogP contribution in [-0.2, 0) is 0 Å². The normalized spacial score (nSPS) is 20.6. The van der Waals surface area contributed by atoms with E-state index in [9.17, 15) is 5.11 Å². The van der Waals surface area contributed by atoms with Crippen molar-refractivity contribution < 1.29 is 10.3 Å². The third-order valence-corrected chi connectivity index (χ3v) is 3.79. The summed E-state index contributed by atoms with van der Waals surface area (Å²) in [6.07, 6.45) is 2.12. The molecule has 1 heterocycles. The number of aliphatic hydroxyl groups is 1. The summed E-state index contributed by atoms with van der Waals surface area (Å²) >= 11 is 6.14. The lowest BCUT2D eigenvalue weighted by atomic mass is 9.98. The Labute approximate surface area is 117 Å². The quantitative estimate of drug-likeness (QED) is 0.341. The van der Waals surface area contributed by atoms with Gasteiger partial charge in [-0.25, -0.2) is 0 Å². The molecule has 0 radical (unpaired) electrons. The van der Waals surface area contributed by atoms with Crippen molar-refractivity contribution in [3.63, 3.8) is 0 Å². The molecule has 0 aromatic heterocycles. The Balaban J connectivity index is 2.20. The van der Waals surface area contributed by atoms with E-state index in [1.165, 1.54) is 0 Å². The topological polar surface area (TPSA) is 82.1 Å². The van der Waals surface area contributed by atoms with Crippen LogP contribution in [0, 0.1) is 5.92 Å². The van der Waals surface area contributed by atoms with E-state index >= 15 is 0 Å². The highest BCUT2D eigenvalue weighted by atomic mass is 35.5. The van der Waals surface area contributed by atoms with Crippen LogP contribution in [0.5, 0.6) is 0 Å². The minimum absolute atomic E-state index is 0.00317. The van der Waals surface area contributed by atoms with Gasteiger partial charge in [0.2, 0.25) is 0 Å². The monoisotopic (exact) mass is 283 g/mol. The van der Waals surface area contributed by atoms with E-state index in [-0.39, 0.29) is 12.4 Å². The van der Waals surface area contributed by atoms with E-state index < -0.39 is 0 Å². The molecule has 19 heavy (non-hydrogen) atoms. The Kier molecular flexibility index (Phi) is 4.50. The van der Waals surface area contributed by atoms with Gasteiger partial charge in [-0.05, 0) is 37.0 Å². The second-order valence-electron chi connectivity index (χ2n) is 4.79. The number of oxime groups is 1. The van der Waals surface area contributed by atoms with Gasteiger partial charge in [-0.2, -0.15) is 0 Å². The van der Waals surface area contributed by atoms with Crippen molar-refractivity contribution in [2.24, 2.45) is 16.8 Å². The first-order valence-electron chi connectivity index (χ1n) is 6.29. The molecule has 1 saturated heterocycles. The summed E-state index contributed by atoms with van der Waals surface area (Å²) in [4.78, 5) is 2.20. The van der Waals surface area contributed by atoms with Crippen molar-refractivity contribution in [1.29, 1.82) is 0 Å². The Morgan fingerprint density at radius 1 is 1.53 bits per heavy atom. The van der Waals surface area contributed by atoms with Crippen LogP contribution in [0.1, 0.15) is 18.4 Å². The van der Waals surface area contributed by atoms with E-state index in [0.717, 1.165) is 31.6 Å². The predicted molar refractivity (Wildman–Crippen MR) is 76.0 cm³/mol. The van der Waals surface area contributed by atoms with Crippen LogP contribution in [0.3, 0.4) is 0 Å².